The monoisotopic (exact) mass is 683 g/mol. The second-order valence-corrected chi connectivity index (χ2v) is 13.2. The minimum absolute atomic E-state index is 0.0665. The molecule has 0 spiro atoms. The van der Waals surface area contributed by atoms with Gasteiger partial charge in [-0.15, -0.1) is 24.5 Å². The second kappa shape index (κ2) is 15.0. The van der Waals surface area contributed by atoms with E-state index in [9.17, 15) is 32.7 Å². The largest absolute Gasteiger partial charge is 0.573 e. The molecule has 2 N–H and O–H groups in total. The Hall–Kier alpha value is -4.78. The third kappa shape index (κ3) is 9.63. The van der Waals surface area contributed by atoms with Gasteiger partial charge in [0.05, 0.1) is 11.5 Å². The number of nitrogens with one attached hydrogen (secondary N) is 1. The fourth-order valence-corrected chi connectivity index (χ4v) is 5.74. The summed E-state index contributed by atoms with van der Waals surface area (Å²) in [6, 6.07) is 13.7. The molecule has 0 radical (unpaired) electrons. The summed E-state index contributed by atoms with van der Waals surface area (Å²) in [7, 11) is 0. The third-order valence-corrected chi connectivity index (χ3v) is 8.85. The minimum Gasteiger partial charge on any atom is -0.490 e. The number of amides is 1. The Balaban J connectivity index is 1.50. The van der Waals surface area contributed by atoms with Crippen LogP contribution in [0.5, 0.6) is 11.5 Å². The number of rotatable bonds is 13. The van der Waals surface area contributed by atoms with Crippen LogP contribution in [-0.4, -0.2) is 51.7 Å². The number of thiophene rings is 1. The zero-order chi connectivity index (χ0) is 35.2. The number of aromatic nitrogens is 2. The van der Waals surface area contributed by atoms with E-state index in [4.69, 9.17) is 4.74 Å². The topological polar surface area (TPSA) is 128 Å². The highest BCUT2D eigenvalue weighted by molar-refractivity contribution is 7.14. The van der Waals surface area contributed by atoms with Gasteiger partial charge in [-0.05, 0) is 61.1 Å². The number of carbonyl (C=O) groups excluding carboxylic acids is 2. The molecular weight excluding hydrogens is 647 g/mol. The van der Waals surface area contributed by atoms with E-state index < -0.39 is 35.9 Å². The van der Waals surface area contributed by atoms with Gasteiger partial charge in [0.25, 0.3) is 0 Å². The number of hydrogen-bond acceptors (Lipinski definition) is 8. The summed E-state index contributed by atoms with van der Waals surface area (Å²) in [6.45, 7) is 9.31. The first-order valence-corrected chi connectivity index (χ1v) is 16.0. The zero-order valence-corrected chi connectivity index (χ0v) is 27.9. The standard InChI is InChI=1S/C35H36F3N3O6S/c1-6-46-28-17-23(11-12-27(28)47-35(36,37)38)25-18-39-31(40-19-25)22-9-7-21(8-10-22)15-24(32(43)41-20(2)33(44)45)16-26(42)29-13-14-30(48-29)34(3,4)5/h7-14,17-20,24H,6,15-16H2,1-5H3,(H,41,43)(H,44,45)/t20-,24-/m1/s1. The lowest BCUT2D eigenvalue weighted by Crippen LogP contribution is -2.42. The first-order valence-electron chi connectivity index (χ1n) is 15.1. The number of ether oxygens (including phenoxy) is 2. The van der Waals surface area contributed by atoms with E-state index in [2.05, 4.69) is 40.8 Å². The molecule has 0 aliphatic carbocycles. The van der Waals surface area contributed by atoms with Crippen LogP contribution in [-0.2, 0) is 21.4 Å². The van der Waals surface area contributed by atoms with Crippen LogP contribution in [0.3, 0.4) is 0 Å². The molecule has 0 bridgehead atoms. The Kier molecular flexibility index (Phi) is 11.2. The van der Waals surface area contributed by atoms with Gasteiger partial charge < -0.3 is 19.9 Å². The van der Waals surface area contributed by atoms with Crippen molar-refractivity contribution in [2.24, 2.45) is 5.92 Å². The van der Waals surface area contributed by atoms with E-state index >= 15 is 0 Å². The quantitative estimate of drug-likeness (QED) is 0.139. The first-order chi connectivity index (χ1) is 22.5. The van der Waals surface area contributed by atoms with Crippen molar-refractivity contribution in [1.29, 1.82) is 0 Å². The van der Waals surface area contributed by atoms with Gasteiger partial charge in [-0.25, -0.2) is 9.97 Å². The molecular formula is C35H36F3N3O6S. The van der Waals surface area contributed by atoms with Crippen molar-refractivity contribution < 1.29 is 42.1 Å². The molecule has 2 heterocycles. The SMILES string of the molecule is CCOc1cc(-c2cnc(-c3ccc(C[C@H](CC(=O)c4ccc(C(C)(C)C)s4)C(=O)N[C@H](C)C(=O)O)cc3)nc2)ccc1OC(F)(F)F. The van der Waals surface area contributed by atoms with Crippen LogP contribution >= 0.6 is 11.3 Å². The molecule has 254 valence electrons. The summed E-state index contributed by atoms with van der Waals surface area (Å²) in [6.07, 6.45) is -1.69. The fourth-order valence-electron chi connectivity index (χ4n) is 4.73. The van der Waals surface area contributed by atoms with E-state index in [1.807, 2.05) is 6.07 Å². The smallest absolute Gasteiger partial charge is 0.490 e. The van der Waals surface area contributed by atoms with E-state index in [-0.39, 0.29) is 36.4 Å². The maximum atomic E-state index is 13.2. The first kappa shape index (κ1) is 36.1. The Morgan fingerprint density at radius 3 is 2.12 bits per heavy atom. The van der Waals surface area contributed by atoms with Gasteiger partial charge >= 0.3 is 12.3 Å². The fraction of sp³-hybridized carbons (Fsp3) is 0.343. The molecule has 2 atom stereocenters. The molecule has 9 nitrogen and oxygen atoms in total. The summed E-state index contributed by atoms with van der Waals surface area (Å²) < 4.78 is 47.8. The molecule has 4 rings (SSSR count). The van der Waals surface area contributed by atoms with Crippen LogP contribution in [0.25, 0.3) is 22.5 Å². The molecule has 0 aliphatic rings. The van der Waals surface area contributed by atoms with Crippen LogP contribution in [0, 0.1) is 5.92 Å². The highest BCUT2D eigenvalue weighted by Gasteiger charge is 2.33. The molecule has 48 heavy (non-hydrogen) atoms. The normalized spacial score (nSPS) is 13.0. The average molecular weight is 684 g/mol. The van der Waals surface area contributed by atoms with Crippen molar-refractivity contribution in [3.05, 3.63) is 82.3 Å². The van der Waals surface area contributed by atoms with Crippen molar-refractivity contribution in [2.75, 3.05) is 6.61 Å². The predicted octanol–water partition coefficient (Wildman–Crippen LogP) is 7.49. The molecule has 1 amide bonds. The third-order valence-electron chi connectivity index (χ3n) is 7.30. The molecule has 0 unspecified atom stereocenters. The Labute approximate surface area is 280 Å². The molecule has 2 aromatic heterocycles. The lowest BCUT2D eigenvalue weighted by Gasteiger charge is -2.18. The Morgan fingerprint density at radius 2 is 1.56 bits per heavy atom. The maximum Gasteiger partial charge on any atom is 0.573 e. The van der Waals surface area contributed by atoms with E-state index in [1.165, 1.54) is 48.9 Å². The molecule has 4 aromatic rings. The minimum atomic E-state index is -4.86. The number of ketones is 1. The van der Waals surface area contributed by atoms with Gasteiger partial charge in [-0.3, -0.25) is 14.4 Å². The van der Waals surface area contributed by atoms with Gasteiger partial charge in [-0.1, -0.05) is 51.1 Å². The van der Waals surface area contributed by atoms with Gasteiger partial charge in [0, 0.05) is 40.7 Å². The summed E-state index contributed by atoms with van der Waals surface area (Å²) in [5.41, 5.74) is 2.36. The number of Topliss-reactive ketones (excluding diaryl/α,β-unsaturated/α-hetero) is 1. The summed E-state index contributed by atoms with van der Waals surface area (Å²) in [5.74, 6) is -2.84. The number of halogens is 3. The van der Waals surface area contributed by atoms with Crippen LogP contribution in [0.1, 0.15) is 61.2 Å². The van der Waals surface area contributed by atoms with Crippen LogP contribution in [0.2, 0.25) is 0 Å². The predicted molar refractivity (Wildman–Crippen MR) is 175 cm³/mol. The lowest BCUT2D eigenvalue weighted by atomic mass is 9.92. The number of aliphatic carboxylic acids is 1. The molecule has 0 saturated carbocycles. The van der Waals surface area contributed by atoms with Crippen LogP contribution in [0.4, 0.5) is 13.2 Å². The number of carbonyl (C=O) groups is 3. The van der Waals surface area contributed by atoms with E-state index in [1.54, 1.807) is 37.3 Å². The molecule has 2 aromatic carbocycles. The number of benzene rings is 2. The highest BCUT2D eigenvalue weighted by Crippen LogP contribution is 2.36. The van der Waals surface area contributed by atoms with E-state index in [0.717, 1.165) is 10.4 Å². The van der Waals surface area contributed by atoms with Gasteiger partial charge in [0.15, 0.2) is 23.1 Å². The van der Waals surface area contributed by atoms with Crippen molar-refractivity contribution >= 4 is 29.0 Å². The highest BCUT2D eigenvalue weighted by atomic mass is 32.1. The van der Waals surface area contributed by atoms with Gasteiger partial charge in [0.1, 0.15) is 6.04 Å². The number of hydrogen-bond donors (Lipinski definition) is 2. The second-order valence-electron chi connectivity index (χ2n) is 12.1. The number of alkyl halides is 3. The summed E-state index contributed by atoms with van der Waals surface area (Å²) >= 11 is 1.39. The lowest BCUT2D eigenvalue weighted by molar-refractivity contribution is -0.275. The van der Waals surface area contributed by atoms with Crippen LogP contribution in [0.15, 0.2) is 67.0 Å². The molecule has 13 heteroatoms. The van der Waals surface area contributed by atoms with Crippen molar-refractivity contribution in [2.45, 2.75) is 65.3 Å². The Morgan fingerprint density at radius 1 is 0.917 bits per heavy atom. The molecule has 0 saturated heterocycles. The van der Waals surface area contributed by atoms with Crippen LogP contribution < -0.4 is 14.8 Å². The summed E-state index contributed by atoms with van der Waals surface area (Å²) in [4.78, 5) is 48.2. The Bertz CT molecular complexity index is 1750. The van der Waals surface area contributed by atoms with Gasteiger partial charge in [0.2, 0.25) is 5.91 Å². The number of carboxylic acids is 1. The van der Waals surface area contributed by atoms with Crippen molar-refractivity contribution in [1.82, 2.24) is 15.3 Å². The maximum absolute atomic E-state index is 13.2. The van der Waals surface area contributed by atoms with Crippen molar-refractivity contribution in [3.8, 4) is 34.0 Å². The zero-order valence-electron chi connectivity index (χ0n) is 27.1. The number of nitrogens with zero attached hydrogens (tertiary/aromatic N) is 2. The average Bonchev–Trinajstić information content (AvgIpc) is 3.53. The van der Waals surface area contributed by atoms with E-state index in [0.29, 0.717) is 27.4 Å². The number of carboxylic acid groups (broad SMARTS) is 1. The molecule has 0 aliphatic heterocycles. The van der Waals surface area contributed by atoms with Gasteiger partial charge in [-0.2, -0.15) is 0 Å². The van der Waals surface area contributed by atoms with Crippen molar-refractivity contribution in [3.63, 3.8) is 0 Å². The summed E-state index contributed by atoms with van der Waals surface area (Å²) in [5, 5.41) is 11.8. The molecule has 0 fully saturated rings.